The van der Waals surface area contributed by atoms with Gasteiger partial charge in [0.15, 0.2) is 11.9 Å². The van der Waals surface area contributed by atoms with Crippen molar-refractivity contribution >= 4 is 17.7 Å². The molecule has 0 aliphatic heterocycles. The summed E-state index contributed by atoms with van der Waals surface area (Å²) in [4.78, 5) is 24.4. The third-order valence-corrected chi connectivity index (χ3v) is 4.47. The minimum Gasteiger partial charge on any atom is -0.440 e. The van der Waals surface area contributed by atoms with E-state index in [0.717, 1.165) is 11.1 Å². The molecular formula is C19H17N3O3S. The number of carbonyl (C=O) groups excluding carboxylic acids is 1. The first-order chi connectivity index (χ1) is 12.6. The van der Waals surface area contributed by atoms with Crippen LogP contribution in [0.1, 0.15) is 16.1 Å². The summed E-state index contributed by atoms with van der Waals surface area (Å²) < 4.78 is 6.58. The maximum atomic E-state index is 12.3. The van der Waals surface area contributed by atoms with Gasteiger partial charge in [-0.3, -0.25) is 4.79 Å². The Morgan fingerprint density at radius 3 is 2.35 bits per heavy atom. The first-order valence-electron chi connectivity index (χ1n) is 7.91. The summed E-state index contributed by atoms with van der Waals surface area (Å²) in [6.45, 7) is 1.37. The van der Waals surface area contributed by atoms with Gasteiger partial charge in [0.25, 0.3) is 5.56 Å². The number of aromatic nitrogens is 3. The number of esters is 1. The Morgan fingerprint density at radius 2 is 1.69 bits per heavy atom. The number of rotatable bonds is 5. The fraction of sp³-hybridized carbons (Fsp3) is 0.158. The Labute approximate surface area is 154 Å². The van der Waals surface area contributed by atoms with Crippen molar-refractivity contribution < 1.29 is 9.53 Å². The molecule has 0 aliphatic carbocycles. The van der Waals surface area contributed by atoms with E-state index >= 15 is 0 Å². The van der Waals surface area contributed by atoms with Gasteiger partial charge in [-0.15, -0.1) is 10.2 Å². The molecular weight excluding hydrogens is 350 g/mol. The lowest BCUT2D eigenvalue weighted by Gasteiger charge is -2.11. The predicted molar refractivity (Wildman–Crippen MR) is 100 cm³/mol. The van der Waals surface area contributed by atoms with Crippen molar-refractivity contribution in [1.82, 2.24) is 14.8 Å². The van der Waals surface area contributed by atoms with Crippen LogP contribution in [0.15, 0.2) is 64.5 Å². The molecule has 0 amide bonds. The molecule has 6 nitrogen and oxygen atoms in total. The number of carbonyl (C=O) groups is 1. The van der Waals surface area contributed by atoms with Crippen LogP contribution in [0.25, 0.3) is 11.1 Å². The van der Waals surface area contributed by atoms with Crippen molar-refractivity contribution in [3.8, 4) is 11.1 Å². The van der Waals surface area contributed by atoms with Gasteiger partial charge in [0.05, 0.1) is 5.56 Å². The second kappa shape index (κ2) is 7.97. The van der Waals surface area contributed by atoms with Crippen LogP contribution in [0.4, 0.5) is 0 Å². The molecule has 26 heavy (non-hydrogen) atoms. The highest BCUT2D eigenvalue weighted by Gasteiger charge is 2.12. The summed E-state index contributed by atoms with van der Waals surface area (Å²) in [6, 6.07) is 17.0. The van der Waals surface area contributed by atoms with Gasteiger partial charge in [-0.05, 0) is 36.4 Å². The maximum absolute atomic E-state index is 12.3. The van der Waals surface area contributed by atoms with Crippen LogP contribution >= 0.6 is 11.8 Å². The van der Waals surface area contributed by atoms with Crippen molar-refractivity contribution in [2.75, 3.05) is 6.26 Å². The second-order valence-electron chi connectivity index (χ2n) is 5.51. The normalized spacial score (nSPS) is 10.5. The maximum Gasteiger partial charge on any atom is 0.339 e. The quantitative estimate of drug-likeness (QED) is 0.509. The van der Waals surface area contributed by atoms with Crippen LogP contribution < -0.4 is 5.56 Å². The van der Waals surface area contributed by atoms with Gasteiger partial charge in [-0.25, -0.2) is 9.36 Å². The molecule has 0 N–H and O–H groups in total. The average Bonchev–Trinajstić information content (AvgIpc) is 2.69. The molecule has 2 aromatic carbocycles. The molecule has 0 saturated heterocycles. The highest BCUT2D eigenvalue weighted by Crippen LogP contribution is 2.19. The molecule has 0 atom stereocenters. The fourth-order valence-electron chi connectivity index (χ4n) is 2.40. The van der Waals surface area contributed by atoms with E-state index in [2.05, 4.69) is 10.2 Å². The minimum atomic E-state index is -0.502. The highest BCUT2D eigenvalue weighted by atomic mass is 32.2. The van der Waals surface area contributed by atoms with E-state index in [1.54, 1.807) is 25.3 Å². The predicted octanol–water partition coefficient (Wildman–Crippen LogP) is 3.15. The lowest BCUT2D eigenvalue weighted by molar-refractivity contribution is 0.0345. The lowest BCUT2D eigenvalue weighted by atomic mass is 10.0. The summed E-state index contributed by atoms with van der Waals surface area (Å²) in [6.07, 6.45) is 1.78. The Morgan fingerprint density at radius 1 is 1.04 bits per heavy atom. The minimum absolute atomic E-state index is 0.204. The van der Waals surface area contributed by atoms with Crippen molar-refractivity contribution in [2.24, 2.45) is 0 Å². The van der Waals surface area contributed by atoms with Crippen LogP contribution in [0.3, 0.4) is 0 Å². The number of ether oxygens (including phenoxy) is 1. The fourth-order valence-corrected chi connectivity index (χ4v) is 2.88. The number of nitrogens with zero attached hydrogens (tertiary/aromatic N) is 3. The van der Waals surface area contributed by atoms with Crippen molar-refractivity contribution in [1.29, 1.82) is 0 Å². The molecule has 0 spiro atoms. The number of thioether (sulfide) groups is 1. The smallest absolute Gasteiger partial charge is 0.339 e. The van der Waals surface area contributed by atoms with E-state index in [0.29, 0.717) is 10.7 Å². The summed E-state index contributed by atoms with van der Waals surface area (Å²) in [5, 5.41) is 8.12. The molecule has 0 unspecified atom stereocenters. The number of benzene rings is 2. The van der Waals surface area contributed by atoms with Gasteiger partial charge in [0, 0.05) is 0 Å². The highest BCUT2D eigenvalue weighted by molar-refractivity contribution is 7.98. The zero-order chi connectivity index (χ0) is 18.5. The van der Waals surface area contributed by atoms with E-state index in [9.17, 15) is 9.59 Å². The summed E-state index contributed by atoms with van der Waals surface area (Å²) >= 11 is 1.26. The van der Waals surface area contributed by atoms with Gasteiger partial charge in [0.2, 0.25) is 0 Å². The van der Waals surface area contributed by atoms with Gasteiger partial charge in [0.1, 0.15) is 5.69 Å². The Kier molecular flexibility index (Phi) is 5.48. The van der Waals surface area contributed by atoms with E-state index in [1.807, 2.05) is 42.5 Å². The van der Waals surface area contributed by atoms with E-state index < -0.39 is 5.97 Å². The van der Waals surface area contributed by atoms with Crippen LogP contribution in [-0.2, 0) is 11.5 Å². The van der Waals surface area contributed by atoms with Gasteiger partial charge in [-0.2, -0.15) is 0 Å². The lowest BCUT2D eigenvalue weighted by Crippen LogP contribution is -2.28. The molecule has 1 heterocycles. The standard InChI is InChI=1S/C19H17N3O3S/c1-13-17(23)22(19(26-2)21-20-13)12-25-18(24)16-10-8-15(9-11-16)14-6-4-3-5-7-14/h3-11H,12H2,1-2H3. The van der Waals surface area contributed by atoms with E-state index in [4.69, 9.17) is 4.74 Å². The molecule has 0 saturated carbocycles. The molecule has 1 aromatic heterocycles. The van der Waals surface area contributed by atoms with Crippen molar-refractivity contribution in [3.63, 3.8) is 0 Å². The summed E-state index contributed by atoms with van der Waals surface area (Å²) in [5.41, 5.74) is 2.43. The largest absolute Gasteiger partial charge is 0.440 e. The molecule has 132 valence electrons. The average molecular weight is 367 g/mol. The molecule has 0 radical (unpaired) electrons. The molecule has 3 aromatic rings. The zero-order valence-electron chi connectivity index (χ0n) is 14.4. The Balaban J connectivity index is 1.73. The number of aryl methyl sites for hydroxylation is 1. The Bertz CT molecular complexity index is 970. The van der Waals surface area contributed by atoms with Gasteiger partial charge < -0.3 is 4.74 Å². The molecule has 0 aliphatic rings. The number of hydrogen-bond acceptors (Lipinski definition) is 6. The first kappa shape index (κ1) is 17.9. The molecule has 7 heteroatoms. The summed E-state index contributed by atoms with van der Waals surface area (Å²) in [5.74, 6) is -0.502. The summed E-state index contributed by atoms with van der Waals surface area (Å²) in [7, 11) is 0. The zero-order valence-corrected chi connectivity index (χ0v) is 15.2. The van der Waals surface area contributed by atoms with Gasteiger partial charge in [-0.1, -0.05) is 54.2 Å². The topological polar surface area (TPSA) is 74.1 Å². The molecule has 0 bridgehead atoms. The molecule has 0 fully saturated rings. The van der Waals surface area contributed by atoms with E-state index in [1.165, 1.54) is 16.3 Å². The number of hydrogen-bond donors (Lipinski definition) is 0. The first-order valence-corrected chi connectivity index (χ1v) is 9.13. The van der Waals surface area contributed by atoms with Crippen molar-refractivity contribution in [2.45, 2.75) is 18.8 Å². The third kappa shape index (κ3) is 3.83. The molecule has 3 rings (SSSR count). The monoisotopic (exact) mass is 367 g/mol. The second-order valence-corrected chi connectivity index (χ2v) is 6.28. The van der Waals surface area contributed by atoms with E-state index in [-0.39, 0.29) is 18.0 Å². The van der Waals surface area contributed by atoms with Crippen molar-refractivity contribution in [3.05, 3.63) is 76.2 Å². The van der Waals surface area contributed by atoms with Crippen LogP contribution in [0, 0.1) is 6.92 Å². The van der Waals surface area contributed by atoms with Crippen LogP contribution in [0.5, 0.6) is 0 Å². The SMILES string of the molecule is CSc1nnc(C)c(=O)n1COC(=O)c1ccc(-c2ccccc2)cc1. The van der Waals surface area contributed by atoms with Crippen LogP contribution in [-0.4, -0.2) is 27.0 Å². The van der Waals surface area contributed by atoms with Gasteiger partial charge >= 0.3 is 5.97 Å². The third-order valence-electron chi connectivity index (χ3n) is 3.81. The Hall–Kier alpha value is -2.93. The van der Waals surface area contributed by atoms with Crippen LogP contribution in [0.2, 0.25) is 0 Å².